The van der Waals surface area contributed by atoms with Crippen molar-refractivity contribution in [3.8, 4) is 0 Å². The van der Waals surface area contributed by atoms with Crippen molar-refractivity contribution in [2.75, 3.05) is 19.6 Å². The number of carbonyl (C=O) groups excluding carboxylic acids is 1. The number of nitrogens with one attached hydrogen (secondary N) is 1. The zero-order chi connectivity index (χ0) is 13.3. The zero-order valence-corrected chi connectivity index (χ0v) is 11.1. The van der Waals surface area contributed by atoms with Crippen molar-refractivity contribution in [3.05, 3.63) is 0 Å². The first kappa shape index (κ1) is 13.3. The minimum absolute atomic E-state index is 0.00597. The van der Waals surface area contributed by atoms with E-state index in [4.69, 9.17) is 0 Å². The summed E-state index contributed by atoms with van der Waals surface area (Å²) in [7, 11) is 0. The summed E-state index contributed by atoms with van der Waals surface area (Å²) in [6.07, 6.45) is 2.58. The molecular weight excluding hydrogens is 232 g/mol. The minimum atomic E-state index is -0.870. The predicted octanol–water partition coefficient (Wildman–Crippen LogP) is 0.698. The van der Waals surface area contributed by atoms with E-state index >= 15 is 0 Å². The third-order valence-electron chi connectivity index (χ3n) is 4.33. The van der Waals surface area contributed by atoms with Gasteiger partial charge in [0.1, 0.15) is 6.04 Å². The fourth-order valence-corrected chi connectivity index (χ4v) is 3.14. The average molecular weight is 254 g/mol. The van der Waals surface area contributed by atoms with Crippen LogP contribution in [0.2, 0.25) is 0 Å². The molecule has 2 saturated heterocycles. The highest BCUT2D eigenvalue weighted by atomic mass is 16.4. The van der Waals surface area contributed by atoms with Crippen molar-refractivity contribution in [1.29, 1.82) is 0 Å². The molecular formula is C13H22N2O3. The van der Waals surface area contributed by atoms with E-state index < -0.39 is 17.4 Å². The Morgan fingerprint density at radius 2 is 2.17 bits per heavy atom. The second-order valence-electron chi connectivity index (χ2n) is 5.89. The standard InChI is InChI=1S/C13H22N2O3/c1-9-4-3-7-15(10(9)11(16)17)12(18)13(2)5-6-14-8-13/h9-10,14H,3-8H2,1-2H3,(H,16,17). The Morgan fingerprint density at radius 1 is 1.44 bits per heavy atom. The van der Waals surface area contributed by atoms with E-state index in [1.54, 1.807) is 4.90 Å². The number of carboxylic acid groups (broad SMARTS) is 1. The fraction of sp³-hybridized carbons (Fsp3) is 0.846. The Balaban J connectivity index is 2.19. The van der Waals surface area contributed by atoms with Crippen LogP contribution in [0.15, 0.2) is 0 Å². The van der Waals surface area contributed by atoms with Crippen LogP contribution in [0.25, 0.3) is 0 Å². The fourth-order valence-electron chi connectivity index (χ4n) is 3.14. The van der Waals surface area contributed by atoms with Crippen LogP contribution < -0.4 is 5.32 Å². The van der Waals surface area contributed by atoms with E-state index in [0.29, 0.717) is 13.1 Å². The van der Waals surface area contributed by atoms with Crippen LogP contribution in [0, 0.1) is 11.3 Å². The first-order chi connectivity index (χ1) is 8.46. The second kappa shape index (κ2) is 4.88. The molecule has 5 heteroatoms. The molecule has 0 bridgehead atoms. The molecule has 3 atom stereocenters. The molecule has 2 N–H and O–H groups in total. The number of carboxylic acids is 1. The van der Waals surface area contributed by atoms with Gasteiger partial charge in [-0.25, -0.2) is 4.79 Å². The van der Waals surface area contributed by atoms with E-state index in [9.17, 15) is 14.7 Å². The van der Waals surface area contributed by atoms with Crippen LogP contribution in [0.1, 0.15) is 33.1 Å². The SMILES string of the molecule is CC1CCCN(C(=O)C2(C)CCNC2)C1C(=O)O. The van der Waals surface area contributed by atoms with Crippen LogP contribution in [-0.4, -0.2) is 47.6 Å². The molecule has 2 rings (SSSR count). The van der Waals surface area contributed by atoms with Crippen LogP contribution >= 0.6 is 0 Å². The number of hydrogen-bond acceptors (Lipinski definition) is 3. The molecule has 2 fully saturated rings. The molecule has 1 amide bonds. The summed E-state index contributed by atoms with van der Waals surface area (Å²) in [5, 5.41) is 12.5. The number of likely N-dealkylation sites (tertiary alicyclic amines) is 1. The van der Waals surface area contributed by atoms with Crippen molar-refractivity contribution in [2.24, 2.45) is 11.3 Å². The van der Waals surface area contributed by atoms with Gasteiger partial charge in [-0.1, -0.05) is 6.92 Å². The molecule has 3 unspecified atom stereocenters. The number of nitrogens with zero attached hydrogens (tertiary/aromatic N) is 1. The Kier molecular flexibility index (Phi) is 3.61. The van der Waals surface area contributed by atoms with Crippen molar-refractivity contribution < 1.29 is 14.7 Å². The monoisotopic (exact) mass is 254 g/mol. The van der Waals surface area contributed by atoms with Crippen molar-refractivity contribution in [3.63, 3.8) is 0 Å². The molecule has 102 valence electrons. The Labute approximate surface area is 108 Å². The maximum atomic E-state index is 12.6. The summed E-state index contributed by atoms with van der Waals surface area (Å²) in [4.78, 5) is 25.6. The normalized spacial score (nSPS) is 36.7. The van der Waals surface area contributed by atoms with Crippen LogP contribution in [-0.2, 0) is 9.59 Å². The summed E-state index contributed by atoms with van der Waals surface area (Å²) >= 11 is 0. The third-order valence-corrected chi connectivity index (χ3v) is 4.33. The van der Waals surface area contributed by atoms with E-state index in [2.05, 4.69) is 5.32 Å². The number of carbonyl (C=O) groups is 2. The number of hydrogen-bond donors (Lipinski definition) is 2. The van der Waals surface area contributed by atoms with E-state index in [-0.39, 0.29) is 11.8 Å². The molecule has 0 aromatic heterocycles. The lowest BCUT2D eigenvalue weighted by Gasteiger charge is -2.41. The molecule has 2 aliphatic rings. The topological polar surface area (TPSA) is 69.6 Å². The number of piperidine rings is 1. The summed E-state index contributed by atoms with van der Waals surface area (Å²) in [5.74, 6) is -0.824. The summed E-state index contributed by atoms with van der Waals surface area (Å²) < 4.78 is 0. The maximum absolute atomic E-state index is 12.6. The number of aliphatic carboxylic acids is 1. The highest BCUT2D eigenvalue weighted by molar-refractivity contribution is 5.88. The number of rotatable bonds is 2. The van der Waals surface area contributed by atoms with Crippen LogP contribution in [0.3, 0.4) is 0 Å². The predicted molar refractivity (Wildman–Crippen MR) is 67.1 cm³/mol. The molecule has 0 aromatic carbocycles. The molecule has 0 saturated carbocycles. The van der Waals surface area contributed by atoms with Gasteiger partial charge in [0, 0.05) is 13.1 Å². The molecule has 2 heterocycles. The quantitative estimate of drug-likeness (QED) is 0.761. The highest BCUT2D eigenvalue weighted by Gasteiger charge is 2.45. The van der Waals surface area contributed by atoms with Crippen LogP contribution in [0.5, 0.6) is 0 Å². The lowest BCUT2D eigenvalue weighted by atomic mass is 9.84. The Hall–Kier alpha value is -1.10. The van der Waals surface area contributed by atoms with Crippen molar-refractivity contribution >= 4 is 11.9 Å². The lowest BCUT2D eigenvalue weighted by Crippen LogP contribution is -2.56. The molecule has 0 aromatic rings. The van der Waals surface area contributed by atoms with E-state index in [1.807, 2.05) is 13.8 Å². The van der Waals surface area contributed by atoms with Gasteiger partial charge in [-0.3, -0.25) is 4.79 Å². The van der Waals surface area contributed by atoms with E-state index in [0.717, 1.165) is 25.8 Å². The van der Waals surface area contributed by atoms with Gasteiger partial charge < -0.3 is 15.3 Å². The summed E-state index contributed by atoms with van der Waals surface area (Å²) in [5.41, 5.74) is -0.426. The van der Waals surface area contributed by atoms with Crippen molar-refractivity contribution in [1.82, 2.24) is 10.2 Å². The Morgan fingerprint density at radius 3 is 2.72 bits per heavy atom. The lowest BCUT2D eigenvalue weighted by molar-refractivity contribution is -0.159. The first-order valence-electron chi connectivity index (χ1n) is 6.70. The smallest absolute Gasteiger partial charge is 0.326 e. The van der Waals surface area contributed by atoms with Gasteiger partial charge in [0.05, 0.1) is 5.41 Å². The van der Waals surface area contributed by atoms with Gasteiger partial charge >= 0.3 is 5.97 Å². The largest absolute Gasteiger partial charge is 0.480 e. The number of amides is 1. The van der Waals surface area contributed by atoms with Gasteiger partial charge in [-0.2, -0.15) is 0 Å². The molecule has 2 aliphatic heterocycles. The van der Waals surface area contributed by atoms with Gasteiger partial charge in [0.25, 0.3) is 0 Å². The third kappa shape index (κ3) is 2.23. The van der Waals surface area contributed by atoms with Gasteiger partial charge in [-0.05, 0) is 38.6 Å². The van der Waals surface area contributed by atoms with Gasteiger partial charge in [-0.15, -0.1) is 0 Å². The summed E-state index contributed by atoms with van der Waals surface area (Å²) in [6.45, 7) is 5.93. The molecule has 0 radical (unpaired) electrons. The maximum Gasteiger partial charge on any atom is 0.326 e. The van der Waals surface area contributed by atoms with E-state index in [1.165, 1.54) is 0 Å². The average Bonchev–Trinajstić information content (AvgIpc) is 2.75. The second-order valence-corrected chi connectivity index (χ2v) is 5.89. The minimum Gasteiger partial charge on any atom is -0.480 e. The first-order valence-corrected chi connectivity index (χ1v) is 6.70. The molecule has 0 aliphatic carbocycles. The van der Waals surface area contributed by atoms with Crippen LogP contribution in [0.4, 0.5) is 0 Å². The summed E-state index contributed by atoms with van der Waals surface area (Å²) in [6, 6.07) is -0.649. The van der Waals surface area contributed by atoms with Crippen molar-refractivity contribution in [2.45, 2.75) is 39.2 Å². The molecule has 0 spiro atoms. The highest BCUT2D eigenvalue weighted by Crippen LogP contribution is 2.32. The molecule has 18 heavy (non-hydrogen) atoms. The van der Waals surface area contributed by atoms with Gasteiger partial charge in [0.2, 0.25) is 5.91 Å². The van der Waals surface area contributed by atoms with Gasteiger partial charge in [0.15, 0.2) is 0 Å². The molecule has 5 nitrogen and oxygen atoms in total. The zero-order valence-electron chi connectivity index (χ0n) is 11.1. The Bertz CT molecular complexity index is 350.